The maximum atomic E-state index is 12.1. The zero-order chi connectivity index (χ0) is 11.6. The highest BCUT2D eigenvalue weighted by Crippen LogP contribution is 2.29. The fraction of sp³-hybridized carbons (Fsp3) is 0.222. The number of anilines is 1. The Hall–Kier alpha value is -0.920. The molecule has 0 aliphatic carbocycles. The summed E-state index contributed by atoms with van der Waals surface area (Å²) in [5, 5.41) is 0. The monoisotopic (exact) mass is 327 g/mol. The third kappa shape index (κ3) is 3.01. The summed E-state index contributed by atoms with van der Waals surface area (Å²) in [6.07, 6.45) is 0. The first-order chi connectivity index (χ1) is 6.91. The predicted octanol–water partition coefficient (Wildman–Crippen LogP) is 2.68. The van der Waals surface area contributed by atoms with E-state index >= 15 is 0 Å². The Labute approximate surface area is 98.7 Å². The van der Waals surface area contributed by atoms with Gasteiger partial charge in [0.05, 0.1) is 5.56 Å². The summed E-state index contributed by atoms with van der Waals surface area (Å²) in [4.78, 5) is 11.2. The lowest BCUT2D eigenvalue weighted by Crippen LogP contribution is -2.08. The van der Waals surface area contributed by atoms with E-state index in [0.717, 1.165) is 0 Å². The van der Waals surface area contributed by atoms with Gasteiger partial charge in [-0.2, -0.15) is 8.78 Å². The number of nitrogen functional groups attached to an aromatic ring is 1. The molecule has 0 heterocycles. The van der Waals surface area contributed by atoms with E-state index < -0.39 is 6.61 Å². The van der Waals surface area contributed by atoms with Crippen LogP contribution in [0.15, 0.2) is 12.1 Å². The van der Waals surface area contributed by atoms with Gasteiger partial charge in [-0.05, 0) is 35.6 Å². The van der Waals surface area contributed by atoms with Gasteiger partial charge < -0.3 is 10.5 Å². The first kappa shape index (κ1) is 12.2. The van der Waals surface area contributed by atoms with Gasteiger partial charge in [0.25, 0.3) is 0 Å². The van der Waals surface area contributed by atoms with E-state index in [0.29, 0.717) is 3.57 Å². The van der Waals surface area contributed by atoms with Crippen LogP contribution in [0.1, 0.15) is 17.3 Å². The number of hydrogen-bond acceptors (Lipinski definition) is 3. The van der Waals surface area contributed by atoms with Crippen molar-refractivity contribution < 1.29 is 18.3 Å². The van der Waals surface area contributed by atoms with Gasteiger partial charge >= 0.3 is 6.61 Å². The average Bonchev–Trinajstić information content (AvgIpc) is 1.99. The van der Waals surface area contributed by atoms with Crippen molar-refractivity contribution in [2.45, 2.75) is 13.5 Å². The van der Waals surface area contributed by atoms with E-state index in [2.05, 4.69) is 4.74 Å². The van der Waals surface area contributed by atoms with Gasteiger partial charge in [0.1, 0.15) is 5.75 Å². The number of carbonyl (C=O) groups is 1. The minimum Gasteiger partial charge on any atom is -0.434 e. The first-order valence-corrected chi connectivity index (χ1v) is 5.04. The topological polar surface area (TPSA) is 52.3 Å². The molecule has 0 saturated heterocycles. The van der Waals surface area contributed by atoms with Crippen LogP contribution in [0.25, 0.3) is 0 Å². The van der Waals surface area contributed by atoms with Gasteiger partial charge in [-0.3, -0.25) is 4.79 Å². The van der Waals surface area contributed by atoms with Crippen LogP contribution in [0.5, 0.6) is 5.75 Å². The third-order valence-corrected chi connectivity index (χ3v) is 2.50. The number of rotatable bonds is 3. The second-order valence-corrected chi connectivity index (χ2v) is 3.97. The molecule has 1 rings (SSSR count). The maximum absolute atomic E-state index is 12.1. The van der Waals surface area contributed by atoms with Crippen molar-refractivity contribution in [2.24, 2.45) is 0 Å². The molecule has 0 aliphatic heterocycles. The Morgan fingerprint density at radius 1 is 1.53 bits per heavy atom. The SMILES string of the molecule is CC(=O)c1c(I)cc(N)cc1OC(F)F. The standard InChI is InChI=1S/C9H8F2INO2/c1-4(14)8-6(12)2-5(13)3-7(8)15-9(10)11/h2-3,9H,13H2,1H3. The molecule has 0 fully saturated rings. The van der Waals surface area contributed by atoms with Crippen molar-refractivity contribution >= 4 is 34.1 Å². The van der Waals surface area contributed by atoms with Crippen LogP contribution in [0.3, 0.4) is 0 Å². The molecule has 1 aromatic carbocycles. The summed E-state index contributed by atoms with van der Waals surface area (Å²) in [5.41, 5.74) is 5.87. The Bertz CT molecular complexity index is 396. The van der Waals surface area contributed by atoms with Crippen LogP contribution < -0.4 is 10.5 Å². The van der Waals surface area contributed by atoms with E-state index in [4.69, 9.17) is 5.73 Å². The van der Waals surface area contributed by atoms with Crippen molar-refractivity contribution in [3.63, 3.8) is 0 Å². The van der Waals surface area contributed by atoms with Crippen LogP contribution in [0.2, 0.25) is 0 Å². The van der Waals surface area contributed by atoms with Crippen LogP contribution in [-0.2, 0) is 0 Å². The number of nitrogens with two attached hydrogens (primary N) is 1. The summed E-state index contributed by atoms with van der Waals surface area (Å²) in [7, 11) is 0. The Kier molecular flexibility index (Phi) is 3.83. The molecule has 0 bridgehead atoms. The molecule has 0 radical (unpaired) electrons. The van der Waals surface area contributed by atoms with Crippen molar-refractivity contribution in [1.82, 2.24) is 0 Å². The summed E-state index contributed by atoms with van der Waals surface area (Å²) >= 11 is 1.85. The third-order valence-electron chi connectivity index (χ3n) is 1.64. The van der Waals surface area contributed by atoms with Gasteiger partial charge in [0.15, 0.2) is 5.78 Å². The molecule has 0 saturated carbocycles. The molecular weight excluding hydrogens is 319 g/mol. The van der Waals surface area contributed by atoms with E-state index in [-0.39, 0.29) is 22.8 Å². The predicted molar refractivity (Wildman–Crippen MR) is 60.2 cm³/mol. The molecule has 1 aromatic rings. The minimum atomic E-state index is -2.97. The van der Waals surface area contributed by atoms with Crippen molar-refractivity contribution in [2.75, 3.05) is 5.73 Å². The van der Waals surface area contributed by atoms with E-state index in [1.165, 1.54) is 19.1 Å². The molecule has 0 amide bonds. The lowest BCUT2D eigenvalue weighted by Gasteiger charge is -2.11. The van der Waals surface area contributed by atoms with E-state index in [1.54, 1.807) is 0 Å². The number of ether oxygens (including phenoxy) is 1. The zero-order valence-corrected chi connectivity index (χ0v) is 9.92. The zero-order valence-electron chi connectivity index (χ0n) is 7.76. The second-order valence-electron chi connectivity index (χ2n) is 2.81. The largest absolute Gasteiger partial charge is 0.434 e. The number of ketones is 1. The summed E-state index contributed by atoms with van der Waals surface area (Å²) < 4.78 is 28.8. The minimum absolute atomic E-state index is 0.130. The number of hydrogen-bond donors (Lipinski definition) is 1. The quantitative estimate of drug-likeness (QED) is 0.528. The number of Topliss-reactive ketones (excluding diaryl/α,β-unsaturated/α-hetero) is 1. The Balaban J connectivity index is 3.27. The Morgan fingerprint density at radius 2 is 2.13 bits per heavy atom. The average molecular weight is 327 g/mol. The van der Waals surface area contributed by atoms with E-state index in [9.17, 15) is 13.6 Å². The van der Waals surface area contributed by atoms with Crippen LogP contribution in [-0.4, -0.2) is 12.4 Å². The molecule has 2 N–H and O–H groups in total. The molecule has 82 valence electrons. The number of carbonyl (C=O) groups excluding carboxylic acids is 1. The smallest absolute Gasteiger partial charge is 0.387 e. The van der Waals surface area contributed by atoms with Gasteiger partial charge in [0.2, 0.25) is 0 Å². The number of alkyl halides is 2. The molecule has 15 heavy (non-hydrogen) atoms. The molecule has 0 spiro atoms. The summed E-state index contributed by atoms with van der Waals surface area (Å²) in [6.45, 7) is -1.69. The fourth-order valence-corrected chi connectivity index (χ4v) is 2.14. The van der Waals surface area contributed by atoms with Crippen molar-refractivity contribution in [3.8, 4) is 5.75 Å². The number of halogens is 3. The second kappa shape index (κ2) is 4.73. The molecule has 0 atom stereocenters. The van der Waals surface area contributed by atoms with Gasteiger partial charge in [-0.15, -0.1) is 0 Å². The molecule has 0 unspecified atom stereocenters. The summed E-state index contributed by atoms with van der Waals surface area (Å²) in [5.74, 6) is -0.517. The van der Waals surface area contributed by atoms with Crippen LogP contribution in [0, 0.1) is 3.57 Å². The maximum Gasteiger partial charge on any atom is 0.387 e. The molecular formula is C9H8F2INO2. The van der Waals surface area contributed by atoms with Crippen LogP contribution in [0.4, 0.5) is 14.5 Å². The van der Waals surface area contributed by atoms with E-state index in [1.807, 2.05) is 22.6 Å². The lowest BCUT2D eigenvalue weighted by atomic mass is 10.1. The van der Waals surface area contributed by atoms with Crippen LogP contribution >= 0.6 is 22.6 Å². The fourth-order valence-electron chi connectivity index (χ4n) is 1.13. The molecule has 6 heteroatoms. The van der Waals surface area contributed by atoms with Crippen molar-refractivity contribution in [1.29, 1.82) is 0 Å². The molecule has 0 aromatic heterocycles. The Morgan fingerprint density at radius 3 is 2.60 bits per heavy atom. The van der Waals surface area contributed by atoms with Gasteiger partial charge in [-0.1, -0.05) is 0 Å². The lowest BCUT2D eigenvalue weighted by molar-refractivity contribution is -0.0501. The first-order valence-electron chi connectivity index (χ1n) is 3.96. The van der Waals surface area contributed by atoms with Gasteiger partial charge in [0, 0.05) is 15.3 Å². The molecule has 3 nitrogen and oxygen atoms in total. The van der Waals surface area contributed by atoms with Crippen molar-refractivity contribution in [3.05, 3.63) is 21.3 Å². The summed E-state index contributed by atoms with van der Waals surface area (Å²) in [6, 6.07) is 2.74. The molecule has 0 aliphatic rings. The highest BCUT2D eigenvalue weighted by molar-refractivity contribution is 14.1. The normalized spacial score (nSPS) is 10.5. The number of benzene rings is 1. The highest BCUT2D eigenvalue weighted by atomic mass is 127. The highest BCUT2D eigenvalue weighted by Gasteiger charge is 2.16. The van der Waals surface area contributed by atoms with Gasteiger partial charge in [-0.25, -0.2) is 0 Å².